The Morgan fingerprint density at radius 1 is 1.22 bits per heavy atom. The van der Waals surface area contributed by atoms with Crippen molar-refractivity contribution in [2.75, 3.05) is 11.1 Å². The summed E-state index contributed by atoms with van der Waals surface area (Å²) in [6.45, 7) is 0. The molecule has 18 heavy (non-hydrogen) atoms. The summed E-state index contributed by atoms with van der Waals surface area (Å²) in [5.41, 5.74) is 7.68. The number of nitrogens with one attached hydrogen (secondary N) is 1. The molecule has 0 unspecified atom stereocenters. The van der Waals surface area contributed by atoms with E-state index in [1.165, 1.54) is 6.07 Å². The van der Waals surface area contributed by atoms with E-state index in [1.807, 2.05) is 6.07 Å². The van der Waals surface area contributed by atoms with Crippen molar-refractivity contribution in [3.8, 4) is 6.07 Å². The summed E-state index contributed by atoms with van der Waals surface area (Å²) in [5, 5.41) is 12.0. The predicted octanol–water partition coefficient (Wildman–Crippen LogP) is 3.79. The molecule has 0 atom stereocenters. The number of rotatable bonds is 2. The number of hydrogen-bond donors (Lipinski definition) is 2. The number of nitrogens with zero attached hydrogens (tertiary/aromatic N) is 1. The molecule has 2 rings (SSSR count). The lowest BCUT2D eigenvalue weighted by Crippen LogP contribution is -1.96. The van der Waals surface area contributed by atoms with Crippen LogP contribution >= 0.6 is 15.9 Å². The Kier molecular flexibility index (Phi) is 3.49. The summed E-state index contributed by atoms with van der Waals surface area (Å²) in [5.74, 6) is -0.367. The van der Waals surface area contributed by atoms with Gasteiger partial charge in [0.1, 0.15) is 11.9 Å². The lowest BCUT2D eigenvalue weighted by Gasteiger charge is -2.09. The van der Waals surface area contributed by atoms with Crippen LogP contribution in [-0.2, 0) is 0 Å². The molecule has 3 nitrogen and oxygen atoms in total. The van der Waals surface area contributed by atoms with Gasteiger partial charge in [0.05, 0.1) is 15.7 Å². The van der Waals surface area contributed by atoms with E-state index in [9.17, 15) is 4.39 Å². The average Bonchev–Trinajstić information content (AvgIpc) is 2.36. The van der Waals surface area contributed by atoms with E-state index in [-0.39, 0.29) is 5.82 Å². The van der Waals surface area contributed by atoms with Crippen molar-refractivity contribution in [2.45, 2.75) is 0 Å². The quantitative estimate of drug-likeness (QED) is 0.830. The molecule has 0 aliphatic heterocycles. The Morgan fingerprint density at radius 2 is 2.00 bits per heavy atom. The first-order chi connectivity index (χ1) is 8.60. The average molecular weight is 306 g/mol. The van der Waals surface area contributed by atoms with Gasteiger partial charge >= 0.3 is 0 Å². The number of hydrogen-bond acceptors (Lipinski definition) is 3. The van der Waals surface area contributed by atoms with Crippen molar-refractivity contribution < 1.29 is 4.39 Å². The molecule has 0 spiro atoms. The molecular weight excluding hydrogens is 297 g/mol. The Labute approximate surface area is 112 Å². The van der Waals surface area contributed by atoms with Crippen molar-refractivity contribution in [3.05, 3.63) is 52.3 Å². The van der Waals surface area contributed by atoms with E-state index in [0.717, 1.165) is 0 Å². The summed E-state index contributed by atoms with van der Waals surface area (Å²) in [6, 6.07) is 11.6. The maximum absolute atomic E-state index is 13.4. The first-order valence-electron chi connectivity index (χ1n) is 5.12. The number of halogens is 2. The lowest BCUT2D eigenvalue weighted by molar-refractivity contribution is 0.622. The highest BCUT2D eigenvalue weighted by Gasteiger charge is 2.05. The summed E-state index contributed by atoms with van der Waals surface area (Å²) >= 11 is 3.08. The van der Waals surface area contributed by atoms with Gasteiger partial charge in [0.2, 0.25) is 0 Å². The van der Waals surface area contributed by atoms with Crippen LogP contribution in [0.3, 0.4) is 0 Å². The number of nitrogen functional groups attached to an aromatic ring is 1. The third-order valence-corrected chi connectivity index (χ3v) is 3.01. The second-order valence-electron chi connectivity index (χ2n) is 3.67. The molecule has 0 radical (unpaired) electrons. The fraction of sp³-hybridized carbons (Fsp3) is 0. The molecule has 0 fully saturated rings. The predicted molar refractivity (Wildman–Crippen MR) is 73.0 cm³/mol. The molecule has 2 aromatic carbocycles. The smallest absolute Gasteiger partial charge is 0.139 e. The van der Waals surface area contributed by atoms with E-state index in [0.29, 0.717) is 27.1 Å². The van der Waals surface area contributed by atoms with Crippen molar-refractivity contribution in [2.24, 2.45) is 0 Å². The highest BCUT2D eigenvalue weighted by molar-refractivity contribution is 9.10. The first kappa shape index (κ1) is 12.4. The topological polar surface area (TPSA) is 61.8 Å². The Bertz CT molecular complexity index is 635. The molecule has 2 aromatic rings. The maximum Gasteiger partial charge on any atom is 0.139 e. The fourth-order valence-electron chi connectivity index (χ4n) is 1.49. The fourth-order valence-corrected chi connectivity index (χ4v) is 1.74. The number of anilines is 3. The van der Waals surface area contributed by atoms with Gasteiger partial charge in [-0.15, -0.1) is 0 Å². The SMILES string of the molecule is N#Cc1cc(N)ccc1Nc1ccc(Br)c(F)c1. The summed E-state index contributed by atoms with van der Waals surface area (Å²) < 4.78 is 13.8. The van der Waals surface area contributed by atoms with E-state index in [4.69, 9.17) is 11.0 Å². The summed E-state index contributed by atoms with van der Waals surface area (Å²) in [7, 11) is 0. The van der Waals surface area contributed by atoms with Crippen molar-refractivity contribution in [1.82, 2.24) is 0 Å². The number of nitrogens with two attached hydrogens (primary N) is 1. The maximum atomic E-state index is 13.4. The summed E-state index contributed by atoms with van der Waals surface area (Å²) in [4.78, 5) is 0. The van der Waals surface area contributed by atoms with Gasteiger partial charge in [-0.05, 0) is 52.3 Å². The molecule has 0 aromatic heterocycles. The lowest BCUT2D eigenvalue weighted by atomic mass is 10.1. The van der Waals surface area contributed by atoms with Crippen LogP contribution in [0.25, 0.3) is 0 Å². The van der Waals surface area contributed by atoms with Crippen LogP contribution in [0.15, 0.2) is 40.9 Å². The van der Waals surface area contributed by atoms with Gasteiger partial charge in [-0.1, -0.05) is 0 Å². The molecule has 0 saturated heterocycles. The second kappa shape index (κ2) is 5.07. The minimum absolute atomic E-state index is 0.367. The van der Waals surface area contributed by atoms with Crippen LogP contribution in [0.5, 0.6) is 0 Å². The largest absolute Gasteiger partial charge is 0.399 e. The van der Waals surface area contributed by atoms with Crippen molar-refractivity contribution in [1.29, 1.82) is 5.26 Å². The minimum atomic E-state index is -0.367. The van der Waals surface area contributed by atoms with Gasteiger partial charge in [0.25, 0.3) is 0 Å². The van der Waals surface area contributed by atoms with E-state index < -0.39 is 0 Å². The molecular formula is C13H9BrFN3. The Morgan fingerprint density at radius 3 is 2.67 bits per heavy atom. The minimum Gasteiger partial charge on any atom is -0.399 e. The van der Waals surface area contributed by atoms with Gasteiger partial charge in [-0.3, -0.25) is 0 Å². The molecule has 0 aliphatic carbocycles. The normalized spacial score (nSPS) is 9.83. The molecule has 0 heterocycles. The molecule has 0 aliphatic rings. The third-order valence-electron chi connectivity index (χ3n) is 2.36. The van der Waals surface area contributed by atoms with Gasteiger partial charge in [-0.25, -0.2) is 4.39 Å². The van der Waals surface area contributed by atoms with Gasteiger partial charge < -0.3 is 11.1 Å². The van der Waals surface area contributed by atoms with Crippen LogP contribution in [0.4, 0.5) is 21.5 Å². The van der Waals surface area contributed by atoms with Crippen LogP contribution in [0.2, 0.25) is 0 Å². The van der Waals surface area contributed by atoms with Crippen LogP contribution in [0, 0.1) is 17.1 Å². The van der Waals surface area contributed by atoms with Crippen LogP contribution in [0.1, 0.15) is 5.56 Å². The van der Waals surface area contributed by atoms with Crippen molar-refractivity contribution >= 4 is 33.0 Å². The number of benzene rings is 2. The zero-order valence-electron chi connectivity index (χ0n) is 9.24. The Hall–Kier alpha value is -2.06. The van der Waals surface area contributed by atoms with Gasteiger partial charge in [0.15, 0.2) is 0 Å². The third kappa shape index (κ3) is 2.60. The zero-order chi connectivity index (χ0) is 13.1. The molecule has 3 N–H and O–H groups in total. The van der Waals surface area contributed by atoms with Crippen LogP contribution < -0.4 is 11.1 Å². The monoisotopic (exact) mass is 305 g/mol. The zero-order valence-corrected chi connectivity index (χ0v) is 10.8. The highest BCUT2D eigenvalue weighted by Crippen LogP contribution is 2.25. The summed E-state index contributed by atoms with van der Waals surface area (Å²) in [6.07, 6.45) is 0. The molecule has 5 heteroatoms. The van der Waals surface area contributed by atoms with E-state index in [2.05, 4.69) is 21.2 Å². The standard InChI is InChI=1S/C13H9BrFN3/c14-11-3-2-10(6-12(11)15)18-13-4-1-9(17)5-8(13)7-16/h1-6,18H,17H2. The van der Waals surface area contributed by atoms with Crippen molar-refractivity contribution in [3.63, 3.8) is 0 Å². The van der Waals surface area contributed by atoms with Gasteiger partial charge in [-0.2, -0.15) is 5.26 Å². The van der Waals surface area contributed by atoms with Gasteiger partial charge in [0, 0.05) is 11.4 Å². The molecule has 0 saturated carbocycles. The van der Waals surface area contributed by atoms with E-state index in [1.54, 1.807) is 30.3 Å². The first-order valence-corrected chi connectivity index (χ1v) is 5.91. The second-order valence-corrected chi connectivity index (χ2v) is 4.53. The van der Waals surface area contributed by atoms with E-state index >= 15 is 0 Å². The van der Waals surface area contributed by atoms with Crippen LogP contribution in [-0.4, -0.2) is 0 Å². The Balaban J connectivity index is 2.34. The molecule has 90 valence electrons. The molecule has 0 amide bonds. The highest BCUT2D eigenvalue weighted by atomic mass is 79.9. The number of nitriles is 1. The molecule has 0 bridgehead atoms.